The van der Waals surface area contributed by atoms with Gasteiger partial charge in [0.15, 0.2) is 10.9 Å². The zero-order valence-corrected chi connectivity index (χ0v) is 20.6. The summed E-state index contributed by atoms with van der Waals surface area (Å²) in [5.41, 5.74) is 2.46. The van der Waals surface area contributed by atoms with Crippen molar-refractivity contribution in [1.29, 1.82) is 0 Å². The van der Waals surface area contributed by atoms with Crippen LogP contribution in [-0.4, -0.2) is 32.0 Å². The van der Waals surface area contributed by atoms with Crippen molar-refractivity contribution in [2.24, 2.45) is 5.92 Å². The van der Waals surface area contributed by atoms with Gasteiger partial charge < -0.3 is 5.32 Å². The normalized spacial score (nSPS) is 11.1. The fourth-order valence-corrected chi connectivity index (χ4v) is 4.48. The molecule has 7 nitrogen and oxygen atoms in total. The number of amides is 1. The van der Waals surface area contributed by atoms with Crippen LogP contribution in [0.15, 0.2) is 76.8 Å². The van der Waals surface area contributed by atoms with Crippen LogP contribution in [0.4, 0.5) is 5.69 Å². The summed E-state index contributed by atoms with van der Waals surface area (Å²) in [4.78, 5) is 47.2. The number of fused-ring (bicyclic) bond motifs is 1. The van der Waals surface area contributed by atoms with E-state index >= 15 is 0 Å². The topological polar surface area (TPSA) is 93.9 Å². The third kappa shape index (κ3) is 5.84. The fourth-order valence-electron chi connectivity index (χ4n) is 3.59. The van der Waals surface area contributed by atoms with Gasteiger partial charge in [-0.05, 0) is 66.9 Å². The molecule has 178 valence electrons. The molecule has 0 bridgehead atoms. The van der Waals surface area contributed by atoms with Crippen molar-refractivity contribution in [3.05, 3.63) is 88.3 Å². The Morgan fingerprint density at radius 3 is 2.51 bits per heavy atom. The number of pyridine rings is 1. The first-order valence-electron chi connectivity index (χ1n) is 11.3. The van der Waals surface area contributed by atoms with Crippen LogP contribution in [0.5, 0.6) is 0 Å². The van der Waals surface area contributed by atoms with Crippen LogP contribution in [0.3, 0.4) is 0 Å². The first-order chi connectivity index (χ1) is 16.8. The molecule has 0 aliphatic heterocycles. The van der Waals surface area contributed by atoms with Crippen molar-refractivity contribution < 1.29 is 9.59 Å². The number of benzene rings is 2. The number of thioether (sulfide) groups is 1. The molecule has 0 radical (unpaired) electrons. The van der Waals surface area contributed by atoms with E-state index in [1.54, 1.807) is 48.7 Å². The Balaban J connectivity index is 1.57. The van der Waals surface area contributed by atoms with Crippen LogP contribution >= 0.6 is 11.8 Å². The van der Waals surface area contributed by atoms with E-state index in [1.165, 1.54) is 16.3 Å². The van der Waals surface area contributed by atoms with Crippen LogP contribution in [0.2, 0.25) is 0 Å². The third-order valence-corrected chi connectivity index (χ3v) is 6.23. The monoisotopic (exact) mass is 486 g/mol. The highest BCUT2D eigenvalue weighted by Gasteiger charge is 2.16. The molecule has 8 heteroatoms. The van der Waals surface area contributed by atoms with Crippen LogP contribution < -0.4 is 10.9 Å². The maximum Gasteiger partial charge on any atom is 0.267 e. The molecule has 2 aromatic carbocycles. The van der Waals surface area contributed by atoms with Crippen molar-refractivity contribution in [2.45, 2.75) is 32.3 Å². The number of Topliss-reactive ketones (excluding diaryl/α,β-unsaturated/α-hetero) is 1. The van der Waals surface area contributed by atoms with Gasteiger partial charge in [-0.2, -0.15) is 0 Å². The zero-order chi connectivity index (χ0) is 24.9. The predicted octanol–water partition coefficient (Wildman–Crippen LogP) is 5.05. The van der Waals surface area contributed by atoms with Gasteiger partial charge in [-0.1, -0.05) is 37.7 Å². The Morgan fingerprint density at radius 1 is 1.06 bits per heavy atom. The molecule has 0 aliphatic carbocycles. The average molecular weight is 487 g/mol. The Bertz CT molecular complexity index is 1450. The van der Waals surface area contributed by atoms with E-state index in [1.807, 2.05) is 39.0 Å². The molecule has 0 aliphatic rings. The minimum atomic E-state index is -0.231. The van der Waals surface area contributed by atoms with Gasteiger partial charge in [0, 0.05) is 23.9 Å². The van der Waals surface area contributed by atoms with Crippen LogP contribution in [0.1, 0.15) is 36.2 Å². The summed E-state index contributed by atoms with van der Waals surface area (Å²) < 4.78 is 1.46. The number of carbonyl (C=O) groups excluding carboxylic acids is 2. The average Bonchev–Trinajstić information content (AvgIpc) is 2.82. The number of aromatic nitrogens is 3. The minimum Gasteiger partial charge on any atom is -0.326 e. The second-order valence-corrected chi connectivity index (χ2v) is 9.62. The van der Waals surface area contributed by atoms with Gasteiger partial charge in [-0.3, -0.25) is 14.4 Å². The molecule has 35 heavy (non-hydrogen) atoms. The van der Waals surface area contributed by atoms with Crippen molar-refractivity contribution >= 4 is 40.0 Å². The van der Waals surface area contributed by atoms with E-state index in [-0.39, 0.29) is 28.9 Å². The number of anilines is 1. The highest BCUT2D eigenvalue weighted by atomic mass is 32.2. The smallest absolute Gasteiger partial charge is 0.267 e. The highest BCUT2D eigenvalue weighted by molar-refractivity contribution is 7.99. The first-order valence-corrected chi connectivity index (χ1v) is 12.3. The molecule has 1 N–H and O–H groups in total. The Kier molecular flexibility index (Phi) is 7.41. The Morgan fingerprint density at radius 2 is 1.80 bits per heavy atom. The Labute approximate surface area is 207 Å². The van der Waals surface area contributed by atoms with Gasteiger partial charge >= 0.3 is 0 Å². The lowest BCUT2D eigenvalue weighted by molar-refractivity contribution is -0.116. The molecular weight excluding hydrogens is 460 g/mol. The molecule has 0 spiro atoms. The molecule has 1 amide bonds. The van der Waals surface area contributed by atoms with Gasteiger partial charge in [-0.25, -0.2) is 14.5 Å². The lowest BCUT2D eigenvalue weighted by Crippen LogP contribution is -2.23. The summed E-state index contributed by atoms with van der Waals surface area (Å²) in [6, 6.07) is 17.6. The molecule has 0 atom stereocenters. The molecule has 0 saturated carbocycles. The van der Waals surface area contributed by atoms with E-state index in [9.17, 15) is 14.4 Å². The highest BCUT2D eigenvalue weighted by Crippen LogP contribution is 2.22. The molecule has 0 saturated heterocycles. The standard InChI is InChI=1S/C27H26N4O3S/c1-17(2)14-25(33)29-20-10-8-19(9-11-20)23(32)16-35-27-30-22-7-5-4-6-21(22)26(34)31(27)24-15-18(3)12-13-28-24/h4-13,15,17H,14,16H2,1-3H3,(H,29,33). The summed E-state index contributed by atoms with van der Waals surface area (Å²) in [5, 5.41) is 3.73. The van der Waals surface area contributed by atoms with Gasteiger partial charge in [0.25, 0.3) is 5.56 Å². The van der Waals surface area contributed by atoms with E-state index < -0.39 is 0 Å². The molecule has 2 heterocycles. The van der Waals surface area contributed by atoms with Crippen molar-refractivity contribution in [2.75, 3.05) is 11.1 Å². The number of para-hydroxylation sites is 1. The Hall–Kier alpha value is -3.78. The second kappa shape index (κ2) is 10.7. The number of nitrogens with zero attached hydrogens (tertiary/aromatic N) is 3. The maximum atomic E-state index is 13.3. The van der Waals surface area contributed by atoms with Gasteiger partial charge in [0.05, 0.1) is 16.7 Å². The van der Waals surface area contributed by atoms with E-state index in [0.29, 0.717) is 39.5 Å². The SMILES string of the molecule is Cc1ccnc(-n2c(SCC(=O)c3ccc(NC(=O)CC(C)C)cc3)nc3ccccc3c2=O)c1. The van der Waals surface area contributed by atoms with Crippen LogP contribution in [-0.2, 0) is 4.79 Å². The van der Waals surface area contributed by atoms with Crippen LogP contribution in [0, 0.1) is 12.8 Å². The van der Waals surface area contributed by atoms with E-state index in [4.69, 9.17) is 0 Å². The summed E-state index contributed by atoms with van der Waals surface area (Å²) >= 11 is 1.19. The van der Waals surface area contributed by atoms with Gasteiger partial charge in [0.2, 0.25) is 5.91 Å². The third-order valence-electron chi connectivity index (χ3n) is 5.29. The summed E-state index contributed by atoms with van der Waals surface area (Å²) in [7, 11) is 0. The molecule has 0 unspecified atom stereocenters. The number of ketones is 1. The fraction of sp³-hybridized carbons (Fsp3) is 0.222. The number of nitrogens with one attached hydrogen (secondary N) is 1. The number of hydrogen-bond acceptors (Lipinski definition) is 6. The predicted molar refractivity (Wildman–Crippen MR) is 139 cm³/mol. The lowest BCUT2D eigenvalue weighted by atomic mass is 10.1. The molecule has 2 aromatic heterocycles. The molecule has 4 rings (SSSR count). The first kappa shape index (κ1) is 24.3. The van der Waals surface area contributed by atoms with Crippen LogP contribution in [0.25, 0.3) is 16.7 Å². The van der Waals surface area contributed by atoms with Crippen molar-refractivity contribution in [3.63, 3.8) is 0 Å². The minimum absolute atomic E-state index is 0.0558. The quantitative estimate of drug-likeness (QED) is 0.213. The summed E-state index contributed by atoms with van der Waals surface area (Å²) in [6.07, 6.45) is 2.08. The maximum absolute atomic E-state index is 13.3. The molecule has 4 aromatic rings. The number of rotatable bonds is 8. The van der Waals surface area contributed by atoms with Gasteiger partial charge in [-0.15, -0.1) is 0 Å². The summed E-state index contributed by atoms with van der Waals surface area (Å²) in [5.74, 6) is 0.657. The molecular formula is C27H26N4O3S. The molecule has 0 fully saturated rings. The van der Waals surface area contributed by atoms with E-state index in [2.05, 4.69) is 15.3 Å². The van der Waals surface area contributed by atoms with E-state index in [0.717, 1.165) is 5.56 Å². The second-order valence-electron chi connectivity index (χ2n) is 8.68. The number of carbonyl (C=O) groups is 2. The number of hydrogen-bond donors (Lipinski definition) is 1. The number of aryl methyl sites for hydroxylation is 1. The summed E-state index contributed by atoms with van der Waals surface area (Å²) in [6.45, 7) is 5.89. The zero-order valence-electron chi connectivity index (χ0n) is 19.8. The van der Waals surface area contributed by atoms with Gasteiger partial charge in [0.1, 0.15) is 5.82 Å². The lowest BCUT2D eigenvalue weighted by Gasteiger charge is -2.13. The van der Waals surface area contributed by atoms with Crippen molar-refractivity contribution in [1.82, 2.24) is 14.5 Å². The largest absolute Gasteiger partial charge is 0.326 e. The van der Waals surface area contributed by atoms with Crippen molar-refractivity contribution in [3.8, 4) is 5.82 Å².